The Balaban J connectivity index is 1.38. The summed E-state index contributed by atoms with van der Waals surface area (Å²) in [4.78, 5) is 22.3. The minimum absolute atomic E-state index is 0.466. The highest BCUT2D eigenvalue weighted by molar-refractivity contribution is 5.75. The van der Waals surface area contributed by atoms with E-state index in [0.717, 1.165) is 49.5 Å². The first-order valence-corrected chi connectivity index (χ1v) is 8.45. The number of carbonyl (C=O) groups is 1. The van der Waals surface area contributed by atoms with Crippen molar-refractivity contribution in [1.82, 2.24) is 9.97 Å². The number of aromatic nitrogens is 2. The summed E-state index contributed by atoms with van der Waals surface area (Å²) in [6.07, 6.45) is 9.71. The lowest BCUT2D eigenvalue weighted by molar-refractivity contribution is 0.112. The van der Waals surface area contributed by atoms with Gasteiger partial charge in [-0.05, 0) is 61.4 Å². The fourth-order valence-electron chi connectivity index (χ4n) is 3.35. The maximum atomic E-state index is 10.7. The van der Waals surface area contributed by atoms with E-state index >= 15 is 0 Å². The summed E-state index contributed by atoms with van der Waals surface area (Å²) in [7, 11) is 0. The van der Waals surface area contributed by atoms with Gasteiger partial charge in [0.1, 0.15) is 12.1 Å². The van der Waals surface area contributed by atoms with Crippen molar-refractivity contribution in [2.75, 3.05) is 18.0 Å². The molecule has 4 nitrogen and oxygen atoms in total. The summed E-state index contributed by atoms with van der Waals surface area (Å²) >= 11 is 0. The highest BCUT2D eigenvalue weighted by Gasteiger charge is 2.26. The highest BCUT2D eigenvalue weighted by Crippen LogP contribution is 2.39. The molecule has 23 heavy (non-hydrogen) atoms. The number of nitrogens with zero attached hydrogens (tertiary/aromatic N) is 3. The molecule has 4 heteroatoms. The van der Waals surface area contributed by atoms with Crippen molar-refractivity contribution in [2.24, 2.45) is 0 Å². The molecule has 2 heterocycles. The van der Waals surface area contributed by atoms with E-state index in [4.69, 9.17) is 0 Å². The van der Waals surface area contributed by atoms with E-state index in [1.54, 1.807) is 0 Å². The topological polar surface area (TPSA) is 46.1 Å². The van der Waals surface area contributed by atoms with Crippen molar-refractivity contribution >= 4 is 12.0 Å². The van der Waals surface area contributed by atoms with Gasteiger partial charge in [-0.2, -0.15) is 0 Å². The quantitative estimate of drug-likeness (QED) is 0.810. The van der Waals surface area contributed by atoms with Crippen molar-refractivity contribution in [3.8, 4) is 0 Å². The fourth-order valence-corrected chi connectivity index (χ4v) is 3.35. The van der Waals surface area contributed by atoms with Crippen LogP contribution in [-0.4, -0.2) is 29.3 Å². The van der Waals surface area contributed by atoms with Crippen LogP contribution < -0.4 is 4.90 Å². The molecule has 1 saturated heterocycles. The molecule has 4 rings (SSSR count). The van der Waals surface area contributed by atoms with E-state index in [-0.39, 0.29) is 0 Å². The minimum atomic E-state index is 0.466. The number of rotatable bonds is 4. The summed E-state index contributed by atoms with van der Waals surface area (Å²) < 4.78 is 0. The third-order valence-corrected chi connectivity index (χ3v) is 4.99. The molecule has 118 valence electrons. The Hall–Kier alpha value is -2.23. The number of benzene rings is 1. The van der Waals surface area contributed by atoms with E-state index in [9.17, 15) is 4.79 Å². The first kappa shape index (κ1) is 14.4. The maximum absolute atomic E-state index is 10.7. The molecule has 2 aliphatic rings. The van der Waals surface area contributed by atoms with Gasteiger partial charge in [0, 0.05) is 42.7 Å². The van der Waals surface area contributed by atoms with E-state index in [1.807, 2.05) is 36.7 Å². The van der Waals surface area contributed by atoms with Crippen LogP contribution in [-0.2, 0) is 0 Å². The molecule has 1 aromatic heterocycles. The molecule has 0 atom stereocenters. The standard InChI is InChI=1S/C19H21N3O/c23-13-14-1-5-18(6-2-14)22-9-7-16(8-10-22)19-20-11-17(12-21-19)15-3-4-15/h1-2,5-6,11-13,15-16H,3-4,7-10H2. The van der Waals surface area contributed by atoms with Crippen LogP contribution in [0, 0.1) is 0 Å². The summed E-state index contributed by atoms with van der Waals surface area (Å²) in [5, 5.41) is 0. The number of hydrogen-bond donors (Lipinski definition) is 0. The molecule has 0 unspecified atom stereocenters. The molecule has 0 radical (unpaired) electrons. The van der Waals surface area contributed by atoms with Gasteiger partial charge in [-0.15, -0.1) is 0 Å². The second kappa shape index (κ2) is 6.11. The lowest BCUT2D eigenvalue weighted by atomic mass is 9.95. The van der Waals surface area contributed by atoms with E-state index in [0.29, 0.717) is 5.92 Å². The zero-order valence-electron chi connectivity index (χ0n) is 13.2. The van der Waals surface area contributed by atoms with Crippen molar-refractivity contribution in [1.29, 1.82) is 0 Å². The van der Waals surface area contributed by atoms with Gasteiger partial charge in [0.2, 0.25) is 0 Å². The van der Waals surface area contributed by atoms with Gasteiger partial charge in [-0.1, -0.05) is 0 Å². The number of aldehydes is 1. The molecule has 0 spiro atoms. The van der Waals surface area contributed by atoms with Gasteiger partial charge in [0.25, 0.3) is 0 Å². The van der Waals surface area contributed by atoms with Crippen molar-refractivity contribution < 1.29 is 4.79 Å². The van der Waals surface area contributed by atoms with Crippen molar-refractivity contribution in [3.05, 3.63) is 53.6 Å². The molecule has 1 aromatic carbocycles. The molecule has 2 aromatic rings. The molecular weight excluding hydrogens is 286 g/mol. The predicted octanol–water partition coefficient (Wildman–Crippen LogP) is 3.55. The van der Waals surface area contributed by atoms with Crippen LogP contribution in [0.5, 0.6) is 0 Å². The molecule has 1 saturated carbocycles. The third-order valence-electron chi connectivity index (χ3n) is 4.99. The van der Waals surface area contributed by atoms with Crippen LogP contribution in [0.1, 0.15) is 59.3 Å². The highest BCUT2D eigenvalue weighted by atomic mass is 16.1. The zero-order valence-corrected chi connectivity index (χ0v) is 13.2. The van der Waals surface area contributed by atoms with Crippen molar-refractivity contribution in [2.45, 2.75) is 37.5 Å². The molecule has 2 fully saturated rings. The average molecular weight is 307 g/mol. The van der Waals surface area contributed by atoms with Gasteiger partial charge in [0.05, 0.1) is 0 Å². The Bertz CT molecular complexity index is 669. The van der Waals surface area contributed by atoms with Crippen LogP contribution in [0.15, 0.2) is 36.7 Å². The van der Waals surface area contributed by atoms with Gasteiger partial charge in [-0.25, -0.2) is 9.97 Å². The fraction of sp³-hybridized carbons (Fsp3) is 0.421. The third kappa shape index (κ3) is 3.11. The van der Waals surface area contributed by atoms with Crippen LogP contribution >= 0.6 is 0 Å². The maximum Gasteiger partial charge on any atom is 0.150 e. The van der Waals surface area contributed by atoms with Crippen LogP contribution in [0.2, 0.25) is 0 Å². The monoisotopic (exact) mass is 307 g/mol. The number of carbonyl (C=O) groups excluding carboxylic acids is 1. The Morgan fingerprint density at radius 2 is 1.57 bits per heavy atom. The van der Waals surface area contributed by atoms with Gasteiger partial charge < -0.3 is 4.90 Å². The van der Waals surface area contributed by atoms with E-state index in [1.165, 1.54) is 24.1 Å². The summed E-state index contributed by atoms with van der Waals surface area (Å²) in [6.45, 7) is 2.03. The summed E-state index contributed by atoms with van der Waals surface area (Å²) in [5.74, 6) is 2.19. The van der Waals surface area contributed by atoms with E-state index in [2.05, 4.69) is 14.9 Å². The molecular formula is C19H21N3O. The molecule has 0 N–H and O–H groups in total. The van der Waals surface area contributed by atoms with Crippen molar-refractivity contribution in [3.63, 3.8) is 0 Å². The van der Waals surface area contributed by atoms with Crippen LogP contribution in [0.25, 0.3) is 0 Å². The SMILES string of the molecule is O=Cc1ccc(N2CCC(c3ncc(C4CC4)cn3)CC2)cc1. The molecule has 0 amide bonds. The lowest BCUT2D eigenvalue weighted by Crippen LogP contribution is -2.33. The average Bonchev–Trinajstić information content (AvgIpc) is 3.47. The van der Waals surface area contributed by atoms with Gasteiger partial charge >= 0.3 is 0 Å². The minimum Gasteiger partial charge on any atom is -0.371 e. The molecule has 1 aliphatic carbocycles. The number of piperidine rings is 1. The second-order valence-corrected chi connectivity index (χ2v) is 6.62. The normalized spacial score (nSPS) is 18.9. The van der Waals surface area contributed by atoms with Gasteiger partial charge in [-0.3, -0.25) is 4.79 Å². The zero-order chi connectivity index (χ0) is 15.6. The largest absolute Gasteiger partial charge is 0.371 e. The Labute approximate surface area is 136 Å². The van der Waals surface area contributed by atoms with Crippen LogP contribution in [0.4, 0.5) is 5.69 Å². The number of anilines is 1. The van der Waals surface area contributed by atoms with Gasteiger partial charge in [0.15, 0.2) is 0 Å². The Morgan fingerprint density at radius 3 is 2.13 bits per heavy atom. The molecule has 0 bridgehead atoms. The van der Waals surface area contributed by atoms with E-state index < -0.39 is 0 Å². The summed E-state index contributed by atoms with van der Waals surface area (Å²) in [5.41, 5.74) is 3.23. The molecule has 1 aliphatic heterocycles. The smallest absolute Gasteiger partial charge is 0.150 e. The Morgan fingerprint density at radius 1 is 0.913 bits per heavy atom. The first-order chi connectivity index (χ1) is 11.3. The Kier molecular flexibility index (Phi) is 3.82. The van der Waals surface area contributed by atoms with Crippen LogP contribution in [0.3, 0.4) is 0 Å². The first-order valence-electron chi connectivity index (χ1n) is 8.45. The summed E-state index contributed by atoms with van der Waals surface area (Å²) in [6, 6.07) is 7.83. The second-order valence-electron chi connectivity index (χ2n) is 6.62. The predicted molar refractivity (Wildman–Crippen MR) is 90.0 cm³/mol. The lowest BCUT2D eigenvalue weighted by Gasteiger charge is -2.33. The number of hydrogen-bond acceptors (Lipinski definition) is 4.